The molecule has 1 amide bonds. The lowest BCUT2D eigenvalue weighted by molar-refractivity contribution is -0.111. The van der Waals surface area contributed by atoms with Crippen LogP contribution < -0.4 is 19.5 Å². The van der Waals surface area contributed by atoms with Gasteiger partial charge in [-0.3, -0.25) is 10.1 Å². The van der Waals surface area contributed by atoms with Crippen LogP contribution in [0, 0.1) is 0 Å². The zero-order chi connectivity index (χ0) is 21.5. The second-order valence-corrected chi connectivity index (χ2v) is 7.77. The summed E-state index contributed by atoms with van der Waals surface area (Å²) in [5.74, 6) is 1.25. The molecule has 0 atom stereocenters. The molecule has 0 aliphatic carbocycles. The van der Waals surface area contributed by atoms with E-state index in [-0.39, 0.29) is 5.91 Å². The number of aromatic nitrogens is 1. The summed E-state index contributed by atoms with van der Waals surface area (Å²) in [4.78, 5) is 17.6. The Morgan fingerprint density at radius 2 is 1.77 bits per heavy atom. The Kier molecular flexibility index (Phi) is 7.32. The van der Waals surface area contributed by atoms with Gasteiger partial charge in [0, 0.05) is 28.6 Å². The Morgan fingerprint density at radius 3 is 2.37 bits per heavy atom. The van der Waals surface area contributed by atoms with Crippen molar-refractivity contribution in [3.05, 3.63) is 69.7 Å². The maximum atomic E-state index is 12.3. The van der Waals surface area contributed by atoms with E-state index in [1.165, 1.54) is 17.4 Å². The largest absolute Gasteiger partial charge is 0.493 e. The number of methoxy groups -OCH3 is 3. The van der Waals surface area contributed by atoms with Crippen molar-refractivity contribution in [2.75, 3.05) is 26.6 Å². The molecule has 3 rings (SSSR count). The average molecular weight is 445 g/mol. The van der Waals surface area contributed by atoms with E-state index >= 15 is 0 Å². The number of amides is 1. The van der Waals surface area contributed by atoms with Crippen LogP contribution in [0.3, 0.4) is 0 Å². The van der Waals surface area contributed by atoms with E-state index in [4.69, 9.17) is 25.8 Å². The van der Waals surface area contributed by atoms with Crippen molar-refractivity contribution < 1.29 is 19.0 Å². The fourth-order valence-electron chi connectivity index (χ4n) is 2.77. The fourth-order valence-corrected chi connectivity index (χ4v) is 3.74. The number of carbonyl (C=O) groups is 1. The van der Waals surface area contributed by atoms with Crippen molar-refractivity contribution in [2.24, 2.45) is 0 Å². The van der Waals surface area contributed by atoms with E-state index in [9.17, 15) is 4.79 Å². The molecule has 2 aromatic carbocycles. The van der Waals surface area contributed by atoms with Gasteiger partial charge in [0.2, 0.25) is 11.7 Å². The monoisotopic (exact) mass is 444 g/mol. The highest BCUT2D eigenvalue weighted by Gasteiger charge is 2.12. The maximum absolute atomic E-state index is 12.3. The number of rotatable bonds is 8. The zero-order valence-electron chi connectivity index (χ0n) is 16.8. The van der Waals surface area contributed by atoms with Crippen molar-refractivity contribution in [3.63, 3.8) is 0 Å². The van der Waals surface area contributed by atoms with E-state index < -0.39 is 0 Å². The standard InChI is InChI=1S/C22H21ClN2O4S/c1-27-18-11-15(12-19(28-2)21(18)29-3)6-9-20(26)25-22-24-13-17(30-22)10-14-4-7-16(23)8-5-14/h4-9,11-13H,10H2,1-3H3,(H,24,25,26)/b9-6+. The highest BCUT2D eigenvalue weighted by molar-refractivity contribution is 7.15. The molecule has 1 N–H and O–H groups in total. The van der Waals surface area contributed by atoms with Crippen molar-refractivity contribution in [1.82, 2.24) is 4.98 Å². The Morgan fingerprint density at radius 1 is 1.10 bits per heavy atom. The van der Waals surface area contributed by atoms with Crippen LogP contribution in [0.25, 0.3) is 6.08 Å². The third kappa shape index (κ3) is 5.52. The lowest BCUT2D eigenvalue weighted by Gasteiger charge is -2.12. The summed E-state index contributed by atoms with van der Waals surface area (Å²) in [7, 11) is 4.63. The van der Waals surface area contributed by atoms with Gasteiger partial charge in [-0.05, 0) is 41.5 Å². The van der Waals surface area contributed by atoms with Gasteiger partial charge in [-0.15, -0.1) is 11.3 Å². The number of halogens is 1. The van der Waals surface area contributed by atoms with Crippen LogP contribution in [0.15, 0.2) is 48.7 Å². The molecular weight excluding hydrogens is 424 g/mol. The average Bonchev–Trinajstić information content (AvgIpc) is 3.19. The summed E-state index contributed by atoms with van der Waals surface area (Å²) in [5.41, 5.74) is 1.87. The molecule has 0 saturated carbocycles. The minimum Gasteiger partial charge on any atom is -0.493 e. The maximum Gasteiger partial charge on any atom is 0.250 e. The van der Waals surface area contributed by atoms with Gasteiger partial charge >= 0.3 is 0 Å². The van der Waals surface area contributed by atoms with Crippen LogP contribution in [0.4, 0.5) is 5.13 Å². The smallest absolute Gasteiger partial charge is 0.250 e. The Balaban J connectivity index is 1.65. The van der Waals surface area contributed by atoms with Gasteiger partial charge in [0.05, 0.1) is 21.3 Å². The molecule has 0 spiro atoms. The predicted molar refractivity (Wildman–Crippen MR) is 120 cm³/mol. The van der Waals surface area contributed by atoms with E-state index in [1.807, 2.05) is 24.3 Å². The van der Waals surface area contributed by atoms with Crippen molar-refractivity contribution in [3.8, 4) is 17.2 Å². The van der Waals surface area contributed by atoms with E-state index in [1.54, 1.807) is 45.7 Å². The number of thiazole rings is 1. The van der Waals surface area contributed by atoms with Gasteiger partial charge < -0.3 is 14.2 Å². The van der Waals surface area contributed by atoms with Gasteiger partial charge in [0.15, 0.2) is 16.6 Å². The number of benzene rings is 2. The van der Waals surface area contributed by atoms with Crippen LogP contribution in [0.1, 0.15) is 16.0 Å². The summed E-state index contributed by atoms with van der Waals surface area (Å²) >= 11 is 7.35. The first-order chi connectivity index (χ1) is 14.5. The third-order valence-electron chi connectivity index (χ3n) is 4.19. The van der Waals surface area contributed by atoms with Gasteiger partial charge in [-0.25, -0.2) is 4.98 Å². The number of hydrogen-bond acceptors (Lipinski definition) is 6. The number of ether oxygens (including phenoxy) is 3. The lowest BCUT2D eigenvalue weighted by atomic mass is 10.1. The van der Waals surface area contributed by atoms with E-state index in [0.717, 1.165) is 22.4 Å². The molecule has 1 heterocycles. The SMILES string of the molecule is COc1cc(/C=C/C(=O)Nc2ncc(Cc3ccc(Cl)cc3)s2)cc(OC)c1OC. The Bertz CT molecular complexity index is 1020. The molecule has 3 aromatic rings. The highest BCUT2D eigenvalue weighted by atomic mass is 35.5. The minimum atomic E-state index is -0.281. The first-order valence-corrected chi connectivity index (χ1v) is 10.2. The van der Waals surface area contributed by atoms with E-state index in [2.05, 4.69) is 10.3 Å². The van der Waals surface area contributed by atoms with E-state index in [0.29, 0.717) is 27.4 Å². The molecule has 1 aromatic heterocycles. The third-order valence-corrected chi connectivity index (χ3v) is 5.35. The first-order valence-electron chi connectivity index (χ1n) is 9.00. The molecule has 0 bridgehead atoms. The van der Waals surface area contributed by atoms with Gasteiger partial charge in [0.1, 0.15) is 0 Å². The van der Waals surface area contributed by atoms with Crippen LogP contribution >= 0.6 is 22.9 Å². The van der Waals surface area contributed by atoms with Crippen LogP contribution in [-0.4, -0.2) is 32.2 Å². The Hall–Kier alpha value is -3.03. The molecule has 0 aliphatic rings. The molecule has 6 nitrogen and oxygen atoms in total. The molecule has 8 heteroatoms. The van der Waals surface area contributed by atoms with Gasteiger partial charge in [-0.1, -0.05) is 23.7 Å². The molecule has 156 valence electrons. The van der Waals surface area contributed by atoms with Crippen LogP contribution in [0.5, 0.6) is 17.2 Å². The summed E-state index contributed by atoms with van der Waals surface area (Å²) in [6, 6.07) is 11.2. The molecular formula is C22H21ClN2O4S. The second-order valence-electron chi connectivity index (χ2n) is 6.22. The second kappa shape index (κ2) is 10.1. The molecule has 0 aliphatic heterocycles. The first kappa shape index (κ1) is 21.7. The number of carbonyl (C=O) groups excluding carboxylic acids is 1. The molecule has 30 heavy (non-hydrogen) atoms. The highest BCUT2D eigenvalue weighted by Crippen LogP contribution is 2.38. The van der Waals surface area contributed by atoms with Crippen molar-refractivity contribution >= 4 is 40.1 Å². The normalized spacial score (nSPS) is 10.8. The minimum absolute atomic E-state index is 0.281. The summed E-state index contributed by atoms with van der Waals surface area (Å²) in [5, 5.41) is 4.02. The number of nitrogens with zero attached hydrogens (tertiary/aromatic N) is 1. The molecule has 0 saturated heterocycles. The number of nitrogens with one attached hydrogen (secondary N) is 1. The Labute approximate surface area is 184 Å². The van der Waals surface area contributed by atoms with Crippen molar-refractivity contribution in [1.29, 1.82) is 0 Å². The van der Waals surface area contributed by atoms with Gasteiger partial charge in [-0.2, -0.15) is 0 Å². The lowest BCUT2D eigenvalue weighted by Crippen LogP contribution is -2.07. The van der Waals surface area contributed by atoms with Crippen molar-refractivity contribution in [2.45, 2.75) is 6.42 Å². The summed E-state index contributed by atoms with van der Waals surface area (Å²) in [6.45, 7) is 0. The van der Waals surface area contributed by atoms with Gasteiger partial charge in [0.25, 0.3) is 0 Å². The zero-order valence-corrected chi connectivity index (χ0v) is 18.3. The predicted octanol–water partition coefficient (Wildman–Crippen LogP) is 5.07. The number of anilines is 1. The quantitative estimate of drug-likeness (QED) is 0.491. The van der Waals surface area contributed by atoms with Crippen LogP contribution in [-0.2, 0) is 11.2 Å². The molecule has 0 fully saturated rings. The summed E-state index contributed by atoms with van der Waals surface area (Å²) < 4.78 is 16.0. The molecule has 0 radical (unpaired) electrons. The summed E-state index contributed by atoms with van der Waals surface area (Å²) in [6.07, 6.45) is 5.59. The number of hydrogen-bond donors (Lipinski definition) is 1. The molecule has 0 unspecified atom stereocenters. The fraction of sp³-hybridized carbons (Fsp3) is 0.182. The van der Waals surface area contributed by atoms with Crippen LogP contribution in [0.2, 0.25) is 5.02 Å². The topological polar surface area (TPSA) is 69.7 Å².